The van der Waals surface area contributed by atoms with Crippen molar-refractivity contribution >= 4 is 6.08 Å². The van der Waals surface area contributed by atoms with Gasteiger partial charge in [0.2, 0.25) is 0 Å². The van der Waals surface area contributed by atoms with Crippen molar-refractivity contribution in [2.24, 2.45) is 0 Å². The molecule has 1 aliphatic carbocycles. The molecule has 1 aromatic rings. The summed E-state index contributed by atoms with van der Waals surface area (Å²) in [4.78, 5) is 0. The molecule has 1 radical (unpaired) electrons. The molecule has 13 heavy (non-hydrogen) atoms. The van der Waals surface area contributed by atoms with Crippen LogP contribution in [-0.4, -0.2) is 7.11 Å². The van der Waals surface area contributed by atoms with Crippen molar-refractivity contribution in [3.8, 4) is 5.75 Å². The third kappa shape index (κ3) is 1.74. The normalized spacial score (nSPS) is 14.8. The minimum absolute atomic E-state index is 0.953. The van der Waals surface area contributed by atoms with Crippen LogP contribution in [0.25, 0.3) is 6.08 Å². The van der Waals surface area contributed by atoms with Crippen molar-refractivity contribution in [3.63, 3.8) is 0 Å². The van der Waals surface area contributed by atoms with E-state index in [1.807, 2.05) is 6.07 Å². The fourth-order valence-corrected chi connectivity index (χ4v) is 1.63. The number of rotatable bonds is 1. The summed E-state index contributed by atoms with van der Waals surface area (Å²) in [6.45, 7) is 0. The van der Waals surface area contributed by atoms with E-state index >= 15 is 0 Å². The molecule has 1 aromatic carbocycles. The third-order valence-corrected chi connectivity index (χ3v) is 2.37. The van der Waals surface area contributed by atoms with Crippen LogP contribution >= 0.6 is 0 Å². The standard InChI is InChI=1S/C12H13O/c1-13-12-8-7-10-5-3-2-4-6-11(10)9-12/h5,7-9H,2,4,6H2,1H3. The Morgan fingerprint density at radius 1 is 1.38 bits per heavy atom. The topological polar surface area (TPSA) is 9.23 Å². The van der Waals surface area contributed by atoms with Gasteiger partial charge in [0.05, 0.1) is 7.11 Å². The van der Waals surface area contributed by atoms with Crippen LogP contribution in [0.5, 0.6) is 5.75 Å². The highest BCUT2D eigenvalue weighted by Gasteiger charge is 2.04. The number of hydrogen-bond acceptors (Lipinski definition) is 1. The summed E-state index contributed by atoms with van der Waals surface area (Å²) in [5.74, 6) is 0.953. The van der Waals surface area contributed by atoms with Crippen molar-refractivity contribution in [1.29, 1.82) is 0 Å². The minimum Gasteiger partial charge on any atom is -0.497 e. The molecule has 2 rings (SSSR count). The Morgan fingerprint density at radius 3 is 3.15 bits per heavy atom. The molecule has 0 saturated carbocycles. The molecule has 0 bridgehead atoms. The lowest BCUT2D eigenvalue weighted by molar-refractivity contribution is 0.414. The van der Waals surface area contributed by atoms with E-state index in [0.717, 1.165) is 18.6 Å². The van der Waals surface area contributed by atoms with Gasteiger partial charge in [0.1, 0.15) is 5.75 Å². The van der Waals surface area contributed by atoms with Crippen LogP contribution in [0.2, 0.25) is 0 Å². The van der Waals surface area contributed by atoms with Gasteiger partial charge in [0.25, 0.3) is 0 Å². The van der Waals surface area contributed by atoms with E-state index in [0.29, 0.717) is 0 Å². The van der Waals surface area contributed by atoms with E-state index in [9.17, 15) is 0 Å². The molecule has 0 N–H and O–H groups in total. The molecule has 0 aliphatic heterocycles. The van der Waals surface area contributed by atoms with E-state index in [-0.39, 0.29) is 0 Å². The van der Waals surface area contributed by atoms with Crippen molar-refractivity contribution < 1.29 is 4.74 Å². The summed E-state index contributed by atoms with van der Waals surface area (Å²) in [5, 5.41) is 0. The maximum absolute atomic E-state index is 5.19. The van der Waals surface area contributed by atoms with E-state index in [1.54, 1.807) is 7.11 Å². The van der Waals surface area contributed by atoms with E-state index in [4.69, 9.17) is 4.74 Å². The van der Waals surface area contributed by atoms with Crippen molar-refractivity contribution in [2.75, 3.05) is 7.11 Å². The Kier molecular flexibility index (Phi) is 2.35. The highest BCUT2D eigenvalue weighted by Crippen LogP contribution is 2.22. The summed E-state index contributed by atoms with van der Waals surface area (Å²) >= 11 is 0. The Balaban J connectivity index is 2.40. The smallest absolute Gasteiger partial charge is 0.119 e. The average Bonchev–Trinajstić information content (AvgIpc) is 2.41. The van der Waals surface area contributed by atoms with Crippen LogP contribution in [-0.2, 0) is 6.42 Å². The monoisotopic (exact) mass is 173 g/mol. The highest BCUT2D eigenvalue weighted by molar-refractivity contribution is 5.55. The van der Waals surface area contributed by atoms with Gasteiger partial charge >= 0.3 is 0 Å². The quantitative estimate of drug-likeness (QED) is 0.634. The summed E-state index contributed by atoms with van der Waals surface area (Å²) in [6, 6.07) is 6.23. The first-order valence-electron chi connectivity index (χ1n) is 4.63. The molecule has 0 amide bonds. The largest absolute Gasteiger partial charge is 0.497 e. The number of hydrogen-bond donors (Lipinski definition) is 0. The molecule has 1 aliphatic rings. The first-order chi connectivity index (χ1) is 6.40. The van der Waals surface area contributed by atoms with Crippen LogP contribution in [0.15, 0.2) is 18.2 Å². The SMILES string of the molecule is COc1ccc2c(c1)CCC[C]=C2. The molecule has 1 heteroatoms. The number of benzene rings is 1. The zero-order chi connectivity index (χ0) is 9.10. The zero-order valence-electron chi connectivity index (χ0n) is 7.84. The molecule has 0 unspecified atom stereocenters. The lowest BCUT2D eigenvalue weighted by atomic mass is 10.0. The van der Waals surface area contributed by atoms with Crippen LogP contribution in [0.4, 0.5) is 0 Å². The van der Waals surface area contributed by atoms with Gasteiger partial charge in [-0.1, -0.05) is 12.1 Å². The second-order valence-corrected chi connectivity index (χ2v) is 3.27. The predicted octanol–water partition coefficient (Wildman–Crippen LogP) is 2.85. The van der Waals surface area contributed by atoms with Gasteiger partial charge < -0.3 is 4.74 Å². The van der Waals surface area contributed by atoms with Crippen molar-refractivity contribution in [2.45, 2.75) is 19.3 Å². The molecule has 0 atom stereocenters. The maximum atomic E-state index is 5.19. The van der Waals surface area contributed by atoms with Gasteiger partial charge in [-0.05, 0) is 48.6 Å². The lowest BCUT2D eigenvalue weighted by Gasteiger charge is -2.06. The number of allylic oxidation sites excluding steroid dienone is 1. The zero-order valence-corrected chi connectivity index (χ0v) is 7.84. The van der Waals surface area contributed by atoms with Crippen LogP contribution in [0.1, 0.15) is 24.0 Å². The van der Waals surface area contributed by atoms with E-state index in [2.05, 4.69) is 24.3 Å². The molecule has 0 saturated heterocycles. The fraction of sp³-hybridized carbons (Fsp3) is 0.333. The molecule has 0 fully saturated rings. The molecular formula is C12H13O. The van der Waals surface area contributed by atoms with Gasteiger partial charge in [0.15, 0.2) is 0 Å². The molecule has 67 valence electrons. The van der Waals surface area contributed by atoms with Crippen molar-refractivity contribution in [1.82, 2.24) is 0 Å². The average molecular weight is 173 g/mol. The summed E-state index contributed by atoms with van der Waals surface area (Å²) in [5.41, 5.74) is 2.67. The molecule has 0 aromatic heterocycles. The summed E-state index contributed by atoms with van der Waals surface area (Å²) < 4.78 is 5.19. The maximum Gasteiger partial charge on any atom is 0.119 e. The number of fused-ring (bicyclic) bond motifs is 1. The fourth-order valence-electron chi connectivity index (χ4n) is 1.63. The van der Waals surface area contributed by atoms with Gasteiger partial charge in [-0.3, -0.25) is 0 Å². The Bertz CT molecular complexity index is 326. The highest BCUT2D eigenvalue weighted by atomic mass is 16.5. The predicted molar refractivity (Wildman–Crippen MR) is 53.6 cm³/mol. The number of ether oxygens (including phenoxy) is 1. The third-order valence-electron chi connectivity index (χ3n) is 2.37. The molecule has 0 heterocycles. The van der Waals surface area contributed by atoms with Gasteiger partial charge in [0, 0.05) is 0 Å². The van der Waals surface area contributed by atoms with Gasteiger partial charge in [-0.15, -0.1) is 0 Å². The second-order valence-electron chi connectivity index (χ2n) is 3.27. The lowest BCUT2D eigenvalue weighted by Crippen LogP contribution is -1.90. The number of methoxy groups -OCH3 is 1. The number of aryl methyl sites for hydroxylation is 1. The van der Waals surface area contributed by atoms with Gasteiger partial charge in [-0.2, -0.15) is 0 Å². The molecule has 1 nitrogen and oxygen atoms in total. The first kappa shape index (κ1) is 8.36. The molecular weight excluding hydrogens is 160 g/mol. The van der Waals surface area contributed by atoms with Gasteiger partial charge in [-0.25, -0.2) is 0 Å². The second kappa shape index (κ2) is 3.65. The summed E-state index contributed by atoms with van der Waals surface area (Å²) in [6.07, 6.45) is 8.75. The van der Waals surface area contributed by atoms with Crippen LogP contribution in [0.3, 0.4) is 0 Å². The van der Waals surface area contributed by atoms with E-state index in [1.165, 1.54) is 17.5 Å². The Morgan fingerprint density at radius 2 is 2.31 bits per heavy atom. The molecule has 0 spiro atoms. The van der Waals surface area contributed by atoms with Crippen LogP contribution < -0.4 is 4.74 Å². The first-order valence-corrected chi connectivity index (χ1v) is 4.63. The summed E-state index contributed by atoms with van der Waals surface area (Å²) in [7, 11) is 1.71. The van der Waals surface area contributed by atoms with Crippen LogP contribution in [0, 0.1) is 6.08 Å². The van der Waals surface area contributed by atoms with E-state index < -0.39 is 0 Å². The Hall–Kier alpha value is -1.24. The minimum atomic E-state index is 0.953. The Labute approximate surface area is 79.0 Å². The van der Waals surface area contributed by atoms with Crippen molar-refractivity contribution in [3.05, 3.63) is 35.4 Å².